The number of rotatable bonds is 5. The highest BCUT2D eigenvalue weighted by Gasteiger charge is 2.22. The topological polar surface area (TPSA) is 101 Å². The maximum Gasteiger partial charge on any atom is 0.401 e. The third-order valence-electron chi connectivity index (χ3n) is 3.42. The number of carboxylic acid groups (broad SMARTS) is 1. The molecular formula is C16H18ClNO5S. The minimum absolute atomic E-state index is 0.101. The van der Waals surface area contributed by atoms with E-state index in [0.717, 1.165) is 22.4 Å². The predicted molar refractivity (Wildman–Crippen MR) is 95.2 cm³/mol. The van der Waals surface area contributed by atoms with Gasteiger partial charge < -0.3 is 10.2 Å². The summed E-state index contributed by atoms with van der Waals surface area (Å²) in [6, 6.07) is 7.49. The largest absolute Gasteiger partial charge is 0.469 e. The molecule has 0 spiro atoms. The summed E-state index contributed by atoms with van der Waals surface area (Å²) >= 11 is 5.81. The van der Waals surface area contributed by atoms with Gasteiger partial charge in [-0.3, -0.25) is 10.1 Å². The average Bonchev–Trinajstić information content (AvgIpc) is 3.06. The Morgan fingerprint density at radius 1 is 1.46 bits per heavy atom. The van der Waals surface area contributed by atoms with Gasteiger partial charge in [0.1, 0.15) is 0 Å². The first-order valence-corrected chi connectivity index (χ1v) is 8.41. The van der Waals surface area contributed by atoms with Crippen molar-refractivity contribution < 1.29 is 19.9 Å². The number of hydrogen-bond acceptors (Lipinski definition) is 5. The molecule has 1 heterocycles. The van der Waals surface area contributed by atoms with Gasteiger partial charge >= 0.3 is 5.43 Å². The molecule has 1 aromatic carbocycles. The van der Waals surface area contributed by atoms with Crippen LogP contribution in [0, 0.1) is 10.1 Å². The van der Waals surface area contributed by atoms with E-state index in [1.807, 2.05) is 30.5 Å². The number of nitrogens with zero attached hydrogens (tertiary/aromatic N) is 1. The molecule has 8 heteroatoms. The normalized spacial score (nSPS) is 11.3. The molecular weight excluding hydrogens is 354 g/mol. The smallest absolute Gasteiger partial charge is 0.401 e. The van der Waals surface area contributed by atoms with Crippen molar-refractivity contribution in [2.75, 3.05) is 6.61 Å². The van der Waals surface area contributed by atoms with Crippen LogP contribution in [0.5, 0.6) is 0 Å². The van der Waals surface area contributed by atoms with Crippen molar-refractivity contribution in [3.63, 3.8) is 0 Å². The minimum Gasteiger partial charge on any atom is -0.469 e. The first kappa shape index (κ1) is 20.1. The Labute approximate surface area is 148 Å². The standard InChI is InChI=1S/C15H17NO3S.CHClO2/c1-3-11-7-14(16(18)19)12(10(2)9-17)8-13(11)15-5-4-6-20-15;2-1(3)4/h4-8,10,17H,3,9H2,1-2H3;(H,3,4). The van der Waals surface area contributed by atoms with Crippen molar-refractivity contribution in [2.45, 2.75) is 26.2 Å². The van der Waals surface area contributed by atoms with Crippen LogP contribution in [0.1, 0.15) is 30.9 Å². The first-order chi connectivity index (χ1) is 11.3. The molecule has 2 rings (SSSR count). The zero-order valence-corrected chi connectivity index (χ0v) is 14.8. The maximum atomic E-state index is 11.2. The molecule has 0 saturated carbocycles. The number of halogens is 1. The van der Waals surface area contributed by atoms with Gasteiger partial charge in [0.2, 0.25) is 0 Å². The predicted octanol–water partition coefficient (Wildman–Crippen LogP) is 4.88. The number of thiophene rings is 1. The van der Waals surface area contributed by atoms with Gasteiger partial charge in [0.05, 0.1) is 4.92 Å². The lowest BCUT2D eigenvalue weighted by molar-refractivity contribution is -0.385. The lowest BCUT2D eigenvalue weighted by atomic mass is 9.93. The van der Waals surface area contributed by atoms with Crippen LogP contribution < -0.4 is 0 Å². The van der Waals surface area contributed by atoms with E-state index in [2.05, 4.69) is 11.6 Å². The summed E-state index contributed by atoms with van der Waals surface area (Å²) < 4.78 is 0. The van der Waals surface area contributed by atoms with E-state index in [9.17, 15) is 15.2 Å². The van der Waals surface area contributed by atoms with Crippen LogP contribution >= 0.6 is 22.9 Å². The highest BCUT2D eigenvalue weighted by atomic mass is 35.5. The third kappa shape index (κ3) is 5.30. The van der Waals surface area contributed by atoms with Crippen LogP contribution in [0.4, 0.5) is 10.5 Å². The van der Waals surface area contributed by atoms with E-state index >= 15 is 0 Å². The fourth-order valence-electron chi connectivity index (χ4n) is 2.25. The Bertz CT molecular complexity index is 699. The van der Waals surface area contributed by atoms with Crippen molar-refractivity contribution in [1.29, 1.82) is 0 Å². The Kier molecular flexibility index (Phi) is 7.84. The third-order valence-corrected chi connectivity index (χ3v) is 4.32. The Hall–Kier alpha value is -1.96. The highest BCUT2D eigenvalue weighted by Crippen LogP contribution is 2.36. The number of aryl methyl sites for hydroxylation is 1. The van der Waals surface area contributed by atoms with E-state index in [1.165, 1.54) is 0 Å². The van der Waals surface area contributed by atoms with Gasteiger partial charge in [0.25, 0.3) is 5.69 Å². The van der Waals surface area contributed by atoms with E-state index in [-0.39, 0.29) is 23.1 Å². The summed E-state index contributed by atoms with van der Waals surface area (Å²) in [5.41, 5.74) is 1.33. The van der Waals surface area contributed by atoms with Gasteiger partial charge in [0.15, 0.2) is 0 Å². The number of carbonyl (C=O) groups is 1. The summed E-state index contributed by atoms with van der Waals surface area (Å²) in [6.07, 6.45) is 0.738. The number of nitro groups is 1. The Balaban J connectivity index is 0.000000648. The second-order valence-corrected chi connectivity index (χ2v) is 6.26. The van der Waals surface area contributed by atoms with Gasteiger partial charge in [-0.2, -0.15) is 0 Å². The first-order valence-electron chi connectivity index (χ1n) is 7.16. The molecule has 0 saturated heterocycles. The van der Waals surface area contributed by atoms with Crippen molar-refractivity contribution in [3.05, 3.63) is 50.9 Å². The summed E-state index contributed by atoms with van der Waals surface area (Å²) in [5, 5.41) is 29.7. The van der Waals surface area contributed by atoms with Crippen LogP contribution in [0.3, 0.4) is 0 Å². The number of aliphatic hydroxyl groups is 1. The fourth-order valence-corrected chi connectivity index (χ4v) is 3.03. The molecule has 130 valence electrons. The van der Waals surface area contributed by atoms with Gasteiger partial charge in [-0.25, -0.2) is 4.79 Å². The molecule has 0 bridgehead atoms. The molecule has 0 fully saturated rings. The molecule has 1 atom stereocenters. The average molecular weight is 372 g/mol. The summed E-state index contributed by atoms with van der Waals surface area (Å²) in [5.74, 6) is -0.250. The quantitative estimate of drug-likeness (QED) is 0.443. The Morgan fingerprint density at radius 2 is 2.08 bits per heavy atom. The molecule has 0 aliphatic heterocycles. The SMILES string of the molecule is CCc1cc([N+](=O)[O-])c(C(C)CO)cc1-c1cccs1.O=C(O)Cl. The number of nitro benzene ring substituents is 1. The Morgan fingerprint density at radius 3 is 2.50 bits per heavy atom. The van der Waals surface area contributed by atoms with Crippen LogP contribution in [0.15, 0.2) is 29.6 Å². The number of aliphatic hydroxyl groups excluding tert-OH is 1. The highest BCUT2D eigenvalue weighted by molar-refractivity contribution is 7.13. The molecule has 1 aromatic heterocycles. The molecule has 0 aliphatic rings. The lowest BCUT2D eigenvalue weighted by Gasteiger charge is -2.14. The summed E-state index contributed by atoms with van der Waals surface area (Å²) in [7, 11) is 0. The van der Waals surface area contributed by atoms with Gasteiger partial charge in [-0.15, -0.1) is 11.3 Å². The van der Waals surface area contributed by atoms with Crippen LogP contribution in [-0.4, -0.2) is 27.2 Å². The molecule has 24 heavy (non-hydrogen) atoms. The van der Waals surface area contributed by atoms with Crippen molar-refractivity contribution >= 4 is 34.1 Å². The van der Waals surface area contributed by atoms with E-state index < -0.39 is 5.43 Å². The van der Waals surface area contributed by atoms with Crippen molar-refractivity contribution in [1.82, 2.24) is 0 Å². The van der Waals surface area contributed by atoms with Crippen LogP contribution in [-0.2, 0) is 6.42 Å². The van der Waals surface area contributed by atoms with Gasteiger partial charge in [-0.05, 0) is 35.1 Å². The summed E-state index contributed by atoms with van der Waals surface area (Å²) in [6.45, 7) is 3.69. The molecule has 0 amide bonds. The molecule has 0 aliphatic carbocycles. The van der Waals surface area contributed by atoms with E-state index in [0.29, 0.717) is 5.56 Å². The molecule has 2 N–H and O–H groups in total. The maximum absolute atomic E-state index is 11.2. The van der Waals surface area contributed by atoms with Gasteiger partial charge in [0, 0.05) is 40.6 Å². The van der Waals surface area contributed by atoms with Crippen molar-refractivity contribution in [3.8, 4) is 10.4 Å². The zero-order chi connectivity index (χ0) is 18.3. The van der Waals surface area contributed by atoms with Crippen LogP contribution in [0.2, 0.25) is 0 Å². The second-order valence-electron chi connectivity index (χ2n) is 4.99. The number of benzene rings is 1. The fraction of sp³-hybridized carbons (Fsp3) is 0.312. The molecule has 1 unspecified atom stereocenters. The molecule has 2 aromatic rings. The second kappa shape index (κ2) is 9.36. The minimum atomic E-state index is -1.36. The molecule has 0 radical (unpaired) electrons. The van der Waals surface area contributed by atoms with Crippen molar-refractivity contribution in [2.24, 2.45) is 0 Å². The van der Waals surface area contributed by atoms with Crippen LogP contribution in [0.25, 0.3) is 10.4 Å². The zero-order valence-electron chi connectivity index (χ0n) is 13.2. The number of hydrogen-bond donors (Lipinski definition) is 2. The van der Waals surface area contributed by atoms with E-state index in [1.54, 1.807) is 24.3 Å². The monoisotopic (exact) mass is 371 g/mol. The molecule has 6 nitrogen and oxygen atoms in total. The summed E-state index contributed by atoms with van der Waals surface area (Å²) in [4.78, 5) is 20.7. The van der Waals surface area contributed by atoms with Gasteiger partial charge in [-0.1, -0.05) is 19.9 Å². The lowest BCUT2D eigenvalue weighted by Crippen LogP contribution is -2.05. The van der Waals surface area contributed by atoms with E-state index in [4.69, 9.17) is 9.90 Å².